The molecule has 0 amide bonds. The van der Waals surface area contributed by atoms with Crippen LogP contribution in [0.5, 0.6) is 0 Å². The fourth-order valence-corrected chi connectivity index (χ4v) is 5.29. The fraction of sp³-hybridized carbons (Fsp3) is 0.478. The molecule has 3 heteroatoms. The van der Waals surface area contributed by atoms with Crippen molar-refractivity contribution in [3.05, 3.63) is 51.6 Å². The number of benzene rings is 2. The number of halogens is 2. The van der Waals surface area contributed by atoms with Gasteiger partial charge in [-0.1, -0.05) is 0 Å². The first-order valence-corrected chi connectivity index (χ1v) is 10.2. The standard InChI is InChI=1S/C23H29.2ClH.Zr/c1-14-9-16(22(3,4)5)11-20-18(14)13-19-15(2)10-17(12-21(19)20)23(6,7)8;;;/h9,11-12H,13H2,1-8H3;2*1H;/q;;;+2/p-2. The van der Waals surface area contributed by atoms with E-state index in [0.717, 1.165) is 6.42 Å². The van der Waals surface area contributed by atoms with E-state index >= 15 is 0 Å². The molecule has 0 bridgehead atoms. The van der Waals surface area contributed by atoms with E-state index in [4.69, 9.17) is 0 Å². The average Bonchev–Trinajstić information content (AvgIpc) is 2.80. The number of hydrogen-bond acceptors (Lipinski definition) is 0. The first-order valence-electron chi connectivity index (χ1n) is 8.94. The quantitative estimate of drug-likeness (QED) is 0.424. The molecule has 0 saturated carbocycles. The van der Waals surface area contributed by atoms with Crippen molar-refractivity contribution >= 4 is 3.27 Å². The molecular formula is C23H29Cl2Zr. The van der Waals surface area contributed by atoms with Gasteiger partial charge in [-0.3, -0.25) is 0 Å². The van der Waals surface area contributed by atoms with Gasteiger partial charge in [-0.05, 0) is 0 Å². The van der Waals surface area contributed by atoms with Crippen molar-refractivity contribution in [2.75, 3.05) is 0 Å². The normalized spacial score (nSPS) is 12.8. The van der Waals surface area contributed by atoms with Crippen molar-refractivity contribution in [3.8, 4) is 11.1 Å². The zero-order chi connectivity index (χ0) is 18.0. The van der Waals surface area contributed by atoms with Crippen molar-refractivity contribution in [1.82, 2.24) is 0 Å². The molecule has 0 unspecified atom stereocenters. The largest absolute Gasteiger partial charge is 1.00 e. The topological polar surface area (TPSA) is 0 Å². The van der Waals surface area contributed by atoms with Gasteiger partial charge in [0.15, 0.2) is 0 Å². The smallest absolute Gasteiger partial charge is 1.00 e. The molecule has 0 spiro atoms. The van der Waals surface area contributed by atoms with E-state index in [1.54, 1.807) is 14.4 Å². The molecule has 139 valence electrons. The van der Waals surface area contributed by atoms with Crippen molar-refractivity contribution in [1.29, 1.82) is 0 Å². The van der Waals surface area contributed by atoms with Crippen LogP contribution in [0.25, 0.3) is 11.1 Å². The second-order valence-corrected chi connectivity index (χ2v) is 10.7. The minimum Gasteiger partial charge on any atom is -1.00 e. The molecule has 1 aliphatic carbocycles. The minimum atomic E-state index is 0. The van der Waals surface area contributed by atoms with Gasteiger partial charge in [-0.2, -0.15) is 0 Å². The second kappa shape index (κ2) is 7.73. The molecule has 0 nitrogen and oxygen atoms in total. The van der Waals surface area contributed by atoms with E-state index in [1.165, 1.54) is 58.1 Å². The molecule has 0 saturated heterocycles. The summed E-state index contributed by atoms with van der Waals surface area (Å²) in [5.41, 5.74) is 12.5. The van der Waals surface area contributed by atoms with Crippen molar-refractivity contribution in [2.24, 2.45) is 0 Å². The Hall–Kier alpha value is -0.0969. The Kier molecular flexibility index (Phi) is 7.12. The van der Waals surface area contributed by atoms with Gasteiger partial charge in [0, 0.05) is 0 Å². The van der Waals surface area contributed by atoms with Crippen LogP contribution in [0.15, 0.2) is 18.2 Å². The van der Waals surface area contributed by atoms with Crippen LogP contribution in [-0.2, 0) is 42.0 Å². The third kappa shape index (κ3) is 4.01. The van der Waals surface area contributed by atoms with E-state index in [0.29, 0.717) is 0 Å². The Bertz CT molecular complexity index is 837. The summed E-state index contributed by atoms with van der Waals surface area (Å²) in [5.74, 6) is 0. The van der Waals surface area contributed by atoms with Gasteiger partial charge in [0.05, 0.1) is 0 Å². The molecule has 3 rings (SSSR count). The summed E-state index contributed by atoms with van der Waals surface area (Å²) < 4.78 is 1.56. The predicted octanol–water partition coefficient (Wildman–Crippen LogP) is -0.350. The Balaban J connectivity index is 0.00000169. The van der Waals surface area contributed by atoms with E-state index in [9.17, 15) is 0 Å². The second-order valence-electron chi connectivity index (χ2n) is 9.45. The van der Waals surface area contributed by atoms with Crippen LogP contribution in [0.1, 0.15) is 74.9 Å². The Morgan fingerprint density at radius 3 is 1.81 bits per heavy atom. The van der Waals surface area contributed by atoms with Gasteiger partial charge in [-0.25, -0.2) is 0 Å². The molecule has 26 heavy (non-hydrogen) atoms. The number of hydrogen-bond donors (Lipinski definition) is 0. The van der Waals surface area contributed by atoms with Gasteiger partial charge in [0.1, 0.15) is 0 Å². The van der Waals surface area contributed by atoms with Gasteiger partial charge in [-0.15, -0.1) is 0 Å². The first-order chi connectivity index (χ1) is 10.9. The van der Waals surface area contributed by atoms with E-state index in [1.807, 2.05) is 0 Å². The number of fused-ring (bicyclic) bond motifs is 3. The summed E-state index contributed by atoms with van der Waals surface area (Å²) in [7, 11) is 0. The van der Waals surface area contributed by atoms with Crippen LogP contribution in [0.4, 0.5) is 0 Å². The predicted molar refractivity (Wildman–Crippen MR) is 101 cm³/mol. The van der Waals surface area contributed by atoms with Crippen LogP contribution in [0, 0.1) is 13.8 Å². The van der Waals surface area contributed by atoms with Gasteiger partial charge in [0.25, 0.3) is 0 Å². The molecule has 0 fully saturated rings. The molecule has 0 aliphatic heterocycles. The summed E-state index contributed by atoms with van der Waals surface area (Å²) in [4.78, 5) is 0. The molecule has 0 heterocycles. The average molecular weight is 468 g/mol. The Morgan fingerprint density at radius 1 is 0.769 bits per heavy atom. The molecule has 2 aromatic rings. The third-order valence-electron chi connectivity index (χ3n) is 5.50. The minimum absolute atomic E-state index is 0. The maximum atomic E-state index is 2.50. The van der Waals surface area contributed by atoms with E-state index < -0.39 is 0 Å². The molecule has 0 aromatic heterocycles. The van der Waals surface area contributed by atoms with E-state index in [-0.39, 0.29) is 35.6 Å². The number of rotatable bonds is 0. The van der Waals surface area contributed by atoms with E-state index in [2.05, 4.69) is 73.6 Å². The van der Waals surface area contributed by atoms with Crippen LogP contribution < -0.4 is 28.1 Å². The van der Waals surface area contributed by atoms with Crippen LogP contribution >= 0.6 is 0 Å². The van der Waals surface area contributed by atoms with Gasteiger partial charge >= 0.3 is 163 Å². The molecule has 0 N–H and O–H groups in total. The number of aryl methyl sites for hydroxylation is 1. The summed E-state index contributed by atoms with van der Waals surface area (Å²) in [5, 5.41) is 0. The van der Waals surface area contributed by atoms with Crippen LogP contribution in [0.2, 0.25) is 0 Å². The zero-order valence-corrected chi connectivity index (χ0v) is 21.2. The molecule has 2 aromatic carbocycles. The fourth-order valence-electron chi connectivity index (χ4n) is 3.82. The van der Waals surface area contributed by atoms with Crippen molar-refractivity contribution in [3.63, 3.8) is 0 Å². The summed E-state index contributed by atoms with van der Waals surface area (Å²) in [6, 6.07) is 7.37. The Labute approximate surface area is 187 Å². The maximum absolute atomic E-state index is 2.50. The van der Waals surface area contributed by atoms with Gasteiger partial charge < -0.3 is 24.8 Å². The summed E-state index contributed by atoms with van der Waals surface area (Å²) in [6.45, 7) is 18.6. The van der Waals surface area contributed by atoms with Crippen molar-refractivity contribution < 1.29 is 49.5 Å². The third-order valence-corrected chi connectivity index (χ3v) is 7.09. The van der Waals surface area contributed by atoms with Gasteiger partial charge in [0.2, 0.25) is 0 Å². The zero-order valence-electron chi connectivity index (χ0n) is 17.2. The summed E-state index contributed by atoms with van der Waals surface area (Å²) >= 11 is 1.54. The Morgan fingerprint density at radius 2 is 1.31 bits per heavy atom. The monoisotopic (exact) mass is 465 g/mol. The van der Waals surface area contributed by atoms with Crippen LogP contribution in [-0.4, -0.2) is 0 Å². The van der Waals surface area contributed by atoms with Crippen molar-refractivity contribution in [2.45, 2.75) is 72.6 Å². The maximum Gasteiger partial charge on any atom is -1.00 e. The SMILES string of the molecule is Cc1cc(C(C)(C)C)cc2c1Cc1c-2cc(C(C)(C)C)[c]([Zr+2])c1C.[Cl-].[Cl-]. The summed E-state index contributed by atoms with van der Waals surface area (Å²) in [6.07, 6.45) is 1.11. The first kappa shape index (κ1) is 23.9. The molecule has 1 aliphatic rings. The molecule has 0 radical (unpaired) electrons. The molecule has 0 atom stereocenters. The van der Waals surface area contributed by atoms with Crippen LogP contribution in [0.3, 0.4) is 0 Å². The molecular weight excluding hydrogens is 438 g/mol.